The SMILES string of the molecule is CCC[C@@H]1N(C(=O)OCc2ccccc2)CCC[Si]1(c1ccccc1)c1ccccc1. The number of amides is 1. The third kappa shape index (κ3) is 4.44. The fraction of sp³-hybridized carbons (Fsp3) is 0.296. The maximum atomic E-state index is 13.3. The highest BCUT2D eigenvalue weighted by Crippen LogP contribution is 2.31. The maximum Gasteiger partial charge on any atom is 0.410 e. The van der Waals surface area contributed by atoms with Crippen molar-refractivity contribution >= 4 is 24.5 Å². The summed E-state index contributed by atoms with van der Waals surface area (Å²) in [5.74, 6) is 0. The summed E-state index contributed by atoms with van der Waals surface area (Å²) in [5, 5.41) is 2.83. The van der Waals surface area contributed by atoms with Gasteiger partial charge in [0.2, 0.25) is 0 Å². The highest BCUT2D eigenvalue weighted by molar-refractivity contribution is 7.03. The largest absolute Gasteiger partial charge is 0.445 e. The maximum absolute atomic E-state index is 13.3. The van der Waals surface area contributed by atoms with Crippen LogP contribution in [0.25, 0.3) is 0 Å². The van der Waals surface area contributed by atoms with Crippen LogP contribution in [0, 0.1) is 0 Å². The van der Waals surface area contributed by atoms with E-state index in [9.17, 15) is 4.79 Å². The highest BCUT2D eigenvalue weighted by Gasteiger charge is 2.50. The van der Waals surface area contributed by atoms with Crippen LogP contribution in [-0.4, -0.2) is 31.3 Å². The van der Waals surface area contributed by atoms with E-state index in [2.05, 4.69) is 72.5 Å². The Bertz CT molecular complexity index is 923. The van der Waals surface area contributed by atoms with Crippen LogP contribution >= 0.6 is 0 Å². The van der Waals surface area contributed by atoms with E-state index < -0.39 is 8.07 Å². The Morgan fingerprint density at radius 3 is 2.00 bits per heavy atom. The Morgan fingerprint density at radius 2 is 1.45 bits per heavy atom. The first-order chi connectivity index (χ1) is 15.3. The molecule has 0 aliphatic carbocycles. The Morgan fingerprint density at radius 1 is 0.903 bits per heavy atom. The van der Waals surface area contributed by atoms with Crippen molar-refractivity contribution in [1.82, 2.24) is 4.90 Å². The summed E-state index contributed by atoms with van der Waals surface area (Å²) >= 11 is 0. The quantitative estimate of drug-likeness (QED) is 0.516. The lowest BCUT2D eigenvalue weighted by Crippen LogP contribution is -2.73. The number of hydrogen-bond acceptors (Lipinski definition) is 2. The lowest BCUT2D eigenvalue weighted by molar-refractivity contribution is 0.0865. The van der Waals surface area contributed by atoms with Crippen molar-refractivity contribution < 1.29 is 9.53 Å². The van der Waals surface area contributed by atoms with Gasteiger partial charge in [-0.05, 0) is 24.4 Å². The van der Waals surface area contributed by atoms with E-state index in [0.717, 1.165) is 37.4 Å². The minimum Gasteiger partial charge on any atom is -0.445 e. The first-order valence-electron chi connectivity index (χ1n) is 11.3. The molecule has 0 unspecified atom stereocenters. The van der Waals surface area contributed by atoms with Crippen molar-refractivity contribution in [2.45, 2.75) is 44.5 Å². The fourth-order valence-electron chi connectivity index (χ4n) is 5.12. The second kappa shape index (κ2) is 9.97. The van der Waals surface area contributed by atoms with Crippen LogP contribution in [0.2, 0.25) is 6.04 Å². The van der Waals surface area contributed by atoms with Crippen molar-refractivity contribution in [3.63, 3.8) is 0 Å². The fourth-order valence-corrected chi connectivity index (χ4v) is 11.0. The molecule has 1 amide bonds. The molecule has 0 N–H and O–H groups in total. The van der Waals surface area contributed by atoms with E-state index in [4.69, 9.17) is 4.74 Å². The van der Waals surface area contributed by atoms with E-state index in [1.54, 1.807) is 0 Å². The van der Waals surface area contributed by atoms with Crippen LogP contribution in [0.3, 0.4) is 0 Å². The van der Waals surface area contributed by atoms with Crippen LogP contribution in [0.4, 0.5) is 4.79 Å². The summed E-state index contributed by atoms with van der Waals surface area (Å²) in [5.41, 5.74) is 1.22. The molecule has 1 fully saturated rings. The number of carbonyl (C=O) groups excluding carboxylic acids is 1. The van der Waals surface area contributed by atoms with Crippen LogP contribution < -0.4 is 10.4 Å². The van der Waals surface area contributed by atoms with E-state index in [-0.39, 0.29) is 11.8 Å². The Hall–Kier alpha value is -2.85. The van der Waals surface area contributed by atoms with E-state index in [0.29, 0.717) is 6.61 Å². The molecular formula is C27H31NO2Si. The molecule has 1 aliphatic rings. The van der Waals surface area contributed by atoms with Gasteiger partial charge in [-0.15, -0.1) is 0 Å². The first kappa shape index (κ1) is 21.4. The summed E-state index contributed by atoms with van der Waals surface area (Å²) in [7, 11) is -2.19. The monoisotopic (exact) mass is 429 g/mol. The van der Waals surface area contributed by atoms with Crippen LogP contribution in [0.15, 0.2) is 91.0 Å². The predicted molar refractivity (Wildman–Crippen MR) is 129 cm³/mol. The van der Waals surface area contributed by atoms with Gasteiger partial charge in [-0.25, -0.2) is 4.79 Å². The molecule has 0 radical (unpaired) electrons. The summed E-state index contributed by atoms with van der Waals surface area (Å²) in [6, 6.07) is 32.9. The molecular weight excluding hydrogens is 398 g/mol. The van der Waals surface area contributed by atoms with Gasteiger partial charge >= 0.3 is 6.09 Å². The molecule has 4 heteroatoms. The Labute approximate surface area is 186 Å². The van der Waals surface area contributed by atoms with Gasteiger partial charge in [0.15, 0.2) is 0 Å². The third-order valence-corrected chi connectivity index (χ3v) is 12.1. The van der Waals surface area contributed by atoms with Crippen LogP contribution in [-0.2, 0) is 11.3 Å². The standard InChI is InChI=1S/C27H31NO2Si/c1-2-13-26-28(27(29)30-22-23-14-6-3-7-15-23)20-12-21-31(26,24-16-8-4-9-17-24)25-18-10-5-11-19-25/h3-11,14-19,26H,2,12-13,20-22H2,1H3/t26-/m1/s1. The van der Waals surface area contributed by atoms with Gasteiger partial charge in [-0.1, -0.05) is 115 Å². The van der Waals surface area contributed by atoms with Crippen molar-refractivity contribution in [3.8, 4) is 0 Å². The number of rotatable bonds is 6. The zero-order valence-electron chi connectivity index (χ0n) is 18.2. The number of hydrogen-bond donors (Lipinski definition) is 0. The summed E-state index contributed by atoms with van der Waals surface area (Å²) < 4.78 is 5.82. The highest BCUT2D eigenvalue weighted by atomic mass is 28.3. The number of benzene rings is 3. The molecule has 0 spiro atoms. The van der Waals surface area contributed by atoms with Crippen molar-refractivity contribution in [2.24, 2.45) is 0 Å². The molecule has 3 aromatic rings. The molecule has 3 aromatic carbocycles. The van der Waals surface area contributed by atoms with Crippen molar-refractivity contribution in [2.75, 3.05) is 6.54 Å². The zero-order chi connectivity index (χ0) is 21.5. The topological polar surface area (TPSA) is 29.5 Å². The predicted octanol–water partition coefficient (Wildman–Crippen LogP) is 5.00. The zero-order valence-corrected chi connectivity index (χ0v) is 19.2. The molecule has 1 atom stereocenters. The lowest BCUT2D eigenvalue weighted by Gasteiger charge is -2.49. The van der Waals surface area contributed by atoms with Crippen molar-refractivity contribution in [3.05, 3.63) is 96.6 Å². The van der Waals surface area contributed by atoms with Gasteiger partial charge in [0.05, 0.1) is 0 Å². The summed E-state index contributed by atoms with van der Waals surface area (Å²) in [6.07, 6.45) is 2.88. The van der Waals surface area contributed by atoms with Crippen LogP contribution in [0.1, 0.15) is 31.7 Å². The second-order valence-corrected chi connectivity index (χ2v) is 12.6. The molecule has 0 bridgehead atoms. The molecule has 0 saturated carbocycles. The number of nitrogens with zero attached hydrogens (tertiary/aromatic N) is 1. The normalized spacial score (nSPS) is 17.8. The van der Waals surface area contributed by atoms with Gasteiger partial charge in [-0.3, -0.25) is 0 Å². The molecule has 160 valence electrons. The van der Waals surface area contributed by atoms with E-state index in [1.807, 2.05) is 30.3 Å². The minimum absolute atomic E-state index is 0.175. The van der Waals surface area contributed by atoms with Gasteiger partial charge in [-0.2, -0.15) is 0 Å². The Kier molecular flexibility index (Phi) is 6.88. The molecule has 1 saturated heterocycles. The molecule has 31 heavy (non-hydrogen) atoms. The van der Waals surface area contributed by atoms with E-state index >= 15 is 0 Å². The average molecular weight is 430 g/mol. The van der Waals surface area contributed by atoms with E-state index in [1.165, 1.54) is 10.4 Å². The number of carbonyl (C=O) groups is 1. The average Bonchev–Trinajstić information content (AvgIpc) is 2.84. The molecule has 1 heterocycles. The lowest BCUT2D eigenvalue weighted by atomic mass is 10.2. The first-order valence-corrected chi connectivity index (χ1v) is 13.6. The van der Waals surface area contributed by atoms with Crippen LogP contribution in [0.5, 0.6) is 0 Å². The third-order valence-electron chi connectivity index (χ3n) is 6.49. The molecule has 1 aliphatic heterocycles. The van der Waals surface area contributed by atoms with Gasteiger partial charge in [0, 0.05) is 12.2 Å². The summed E-state index contributed by atoms with van der Waals surface area (Å²) in [4.78, 5) is 15.4. The van der Waals surface area contributed by atoms with Gasteiger partial charge in [0.1, 0.15) is 14.7 Å². The second-order valence-electron chi connectivity index (χ2n) is 8.35. The van der Waals surface area contributed by atoms with Crippen molar-refractivity contribution in [1.29, 1.82) is 0 Å². The minimum atomic E-state index is -2.19. The number of ether oxygens (including phenoxy) is 1. The smallest absolute Gasteiger partial charge is 0.410 e. The molecule has 4 rings (SSSR count). The molecule has 0 aromatic heterocycles. The Balaban J connectivity index is 1.70. The van der Waals surface area contributed by atoms with Gasteiger partial charge in [0.25, 0.3) is 0 Å². The molecule has 3 nitrogen and oxygen atoms in total. The summed E-state index contributed by atoms with van der Waals surface area (Å²) in [6.45, 7) is 3.31. The van der Waals surface area contributed by atoms with Gasteiger partial charge < -0.3 is 9.64 Å².